The summed E-state index contributed by atoms with van der Waals surface area (Å²) in [5.74, 6) is 0.284. The summed E-state index contributed by atoms with van der Waals surface area (Å²) in [7, 11) is 0. The van der Waals surface area contributed by atoms with Crippen LogP contribution in [0.15, 0.2) is 36.4 Å². The average molecular weight is 297 g/mol. The number of nitrogens with two attached hydrogens (primary N) is 1. The van der Waals surface area contributed by atoms with E-state index in [-0.39, 0.29) is 18.0 Å². The van der Waals surface area contributed by atoms with Crippen molar-refractivity contribution in [3.05, 3.63) is 47.5 Å². The zero-order valence-corrected chi connectivity index (χ0v) is 12.3. The molecule has 0 aliphatic carbocycles. The second-order valence-corrected chi connectivity index (χ2v) is 6.01. The third-order valence-corrected chi connectivity index (χ3v) is 4.29. The third-order valence-electron chi connectivity index (χ3n) is 4.29. The van der Waals surface area contributed by atoms with Gasteiger partial charge in [0.05, 0.1) is 25.4 Å². The molecule has 0 spiro atoms. The maximum atomic E-state index is 10.6. The van der Waals surface area contributed by atoms with E-state index in [4.69, 9.17) is 15.2 Å². The van der Waals surface area contributed by atoms with E-state index in [1.165, 1.54) is 0 Å². The fourth-order valence-electron chi connectivity index (χ4n) is 2.95. The summed E-state index contributed by atoms with van der Waals surface area (Å²) in [4.78, 5) is 0. The van der Waals surface area contributed by atoms with Crippen LogP contribution in [0.5, 0.6) is 5.75 Å². The second-order valence-electron chi connectivity index (χ2n) is 6.01. The summed E-state index contributed by atoms with van der Waals surface area (Å²) in [5, 5.41) is 10.6. The molecule has 0 saturated carbocycles. The molecule has 2 aromatic carbocycles. The number of phenolic OH excluding ortho intramolecular Hbond substituents is 1. The highest BCUT2D eigenvalue weighted by molar-refractivity contribution is 5.80. The first-order valence-electron chi connectivity index (χ1n) is 7.64. The number of rotatable bonds is 5. The van der Waals surface area contributed by atoms with E-state index >= 15 is 0 Å². The zero-order valence-electron chi connectivity index (χ0n) is 12.3. The van der Waals surface area contributed by atoms with Crippen molar-refractivity contribution in [1.82, 2.24) is 0 Å². The van der Waals surface area contributed by atoms with Gasteiger partial charge in [0.25, 0.3) is 0 Å². The Balaban J connectivity index is 1.82. The molecule has 2 heterocycles. The predicted octanol–water partition coefficient (Wildman–Crippen LogP) is 2.52. The van der Waals surface area contributed by atoms with Gasteiger partial charge in [-0.2, -0.15) is 0 Å². The van der Waals surface area contributed by atoms with E-state index in [9.17, 15) is 5.11 Å². The Morgan fingerprint density at radius 1 is 1.05 bits per heavy atom. The van der Waals surface area contributed by atoms with Gasteiger partial charge in [-0.25, -0.2) is 0 Å². The summed E-state index contributed by atoms with van der Waals surface area (Å²) in [6.07, 6.45) is 1.96. The van der Waals surface area contributed by atoms with Crippen LogP contribution < -0.4 is 5.73 Å². The summed E-state index contributed by atoms with van der Waals surface area (Å²) in [6.45, 7) is 1.55. The lowest BCUT2D eigenvalue weighted by Crippen LogP contribution is -2.07. The molecule has 0 bridgehead atoms. The van der Waals surface area contributed by atoms with Gasteiger partial charge in [0.15, 0.2) is 0 Å². The Morgan fingerprint density at radius 2 is 1.68 bits per heavy atom. The standard InChI is InChI=1S/C18H19NO3/c19-18-12(6-13-9-21-13)7-16(20)17(11-4-2-1-3-5-11)15(18)8-14-10-22-14/h1-5,7,13-14,20H,6,8-10,19H2. The van der Waals surface area contributed by atoms with Gasteiger partial charge in [-0.1, -0.05) is 30.3 Å². The molecular weight excluding hydrogens is 278 g/mol. The van der Waals surface area contributed by atoms with Crippen LogP contribution in [0, 0.1) is 0 Å². The molecule has 2 fully saturated rings. The molecule has 2 aliphatic rings. The minimum Gasteiger partial charge on any atom is -0.507 e. The van der Waals surface area contributed by atoms with E-state index in [2.05, 4.69) is 0 Å². The Hall–Kier alpha value is -2.04. The van der Waals surface area contributed by atoms with Crippen molar-refractivity contribution in [2.45, 2.75) is 25.0 Å². The minimum absolute atomic E-state index is 0.219. The van der Waals surface area contributed by atoms with Crippen molar-refractivity contribution >= 4 is 5.69 Å². The first-order chi connectivity index (χ1) is 10.7. The highest BCUT2D eigenvalue weighted by atomic mass is 16.6. The van der Waals surface area contributed by atoms with E-state index in [1.54, 1.807) is 6.07 Å². The Bertz CT molecular complexity index is 691. The topological polar surface area (TPSA) is 71.3 Å². The smallest absolute Gasteiger partial charge is 0.124 e. The maximum absolute atomic E-state index is 10.6. The fourth-order valence-corrected chi connectivity index (χ4v) is 2.95. The molecule has 114 valence electrons. The van der Waals surface area contributed by atoms with Crippen LogP contribution in [-0.4, -0.2) is 30.5 Å². The molecule has 2 aliphatic heterocycles. The van der Waals surface area contributed by atoms with Crippen molar-refractivity contribution in [1.29, 1.82) is 0 Å². The highest BCUT2D eigenvalue weighted by Gasteiger charge is 2.29. The number of hydrogen-bond acceptors (Lipinski definition) is 4. The molecule has 2 atom stereocenters. The van der Waals surface area contributed by atoms with Gasteiger partial charge >= 0.3 is 0 Å². The number of nitrogen functional groups attached to an aromatic ring is 1. The lowest BCUT2D eigenvalue weighted by atomic mass is 9.90. The molecule has 2 aromatic rings. The van der Waals surface area contributed by atoms with Crippen LogP contribution in [0.25, 0.3) is 11.1 Å². The number of phenols is 1. The van der Waals surface area contributed by atoms with Crippen molar-refractivity contribution < 1.29 is 14.6 Å². The van der Waals surface area contributed by atoms with Crippen molar-refractivity contribution in [3.63, 3.8) is 0 Å². The molecule has 4 rings (SSSR count). The number of epoxide rings is 2. The SMILES string of the molecule is Nc1c(CC2CO2)cc(O)c(-c2ccccc2)c1CC1CO1. The summed E-state index contributed by atoms with van der Waals surface area (Å²) < 4.78 is 10.7. The van der Waals surface area contributed by atoms with E-state index in [1.807, 2.05) is 30.3 Å². The van der Waals surface area contributed by atoms with Crippen LogP contribution >= 0.6 is 0 Å². The van der Waals surface area contributed by atoms with Gasteiger partial charge in [0.2, 0.25) is 0 Å². The number of anilines is 1. The normalized spacial score (nSPS) is 22.5. The van der Waals surface area contributed by atoms with Crippen molar-refractivity contribution in [2.75, 3.05) is 18.9 Å². The van der Waals surface area contributed by atoms with Gasteiger partial charge in [0.1, 0.15) is 5.75 Å². The quantitative estimate of drug-likeness (QED) is 0.505. The highest BCUT2D eigenvalue weighted by Crippen LogP contribution is 2.40. The number of ether oxygens (including phenoxy) is 2. The third kappa shape index (κ3) is 2.67. The fraction of sp³-hybridized carbons (Fsp3) is 0.333. The number of aromatic hydroxyl groups is 1. The zero-order chi connectivity index (χ0) is 15.1. The van der Waals surface area contributed by atoms with E-state index in [0.717, 1.165) is 54.0 Å². The molecule has 0 radical (unpaired) electrons. The second kappa shape index (κ2) is 5.30. The maximum Gasteiger partial charge on any atom is 0.124 e. The van der Waals surface area contributed by atoms with Crippen LogP contribution in [0.3, 0.4) is 0 Å². The number of hydrogen-bond donors (Lipinski definition) is 2. The Kier molecular flexibility index (Phi) is 3.28. The van der Waals surface area contributed by atoms with Gasteiger partial charge < -0.3 is 20.3 Å². The Morgan fingerprint density at radius 3 is 2.32 bits per heavy atom. The van der Waals surface area contributed by atoms with Crippen molar-refractivity contribution in [2.24, 2.45) is 0 Å². The predicted molar refractivity (Wildman–Crippen MR) is 84.8 cm³/mol. The molecule has 22 heavy (non-hydrogen) atoms. The van der Waals surface area contributed by atoms with Crippen LogP contribution in [0.2, 0.25) is 0 Å². The van der Waals surface area contributed by atoms with Gasteiger partial charge in [-0.05, 0) is 22.8 Å². The summed E-state index contributed by atoms with van der Waals surface area (Å²) >= 11 is 0. The first-order valence-corrected chi connectivity index (χ1v) is 7.64. The molecule has 4 heteroatoms. The van der Waals surface area contributed by atoms with Gasteiger partial charge in [-0.15, -0.1) is 0 Å². The van der Waals surface area contributed by atoms with Crippen LogP contribution in [0.4, 0.5) is 5.69 Å². The Labute approximate surface area is 129 Å². The van der Waals surface area contributed by atoms with Crippen LogP contribution in [0.1, 0.15) is 11.1 Å². The molecule has 4 nitrogen and oxygen atoms in total. The lowest BCUT2D eigenvalue weighted by Gasteiger charge is -2.17. The van der Waals surface area contributed by atoms with Crippen LogP contribution in [-0.2, 0) is 22.3 Å². The molecule has 0 aromatic heterocycles. The molecule has 0 amide bonds. The van der Waals surface area contributed by atoms with Crippen molar-refractivity contribution in [3.8, 4) is 16.9 Å². The largest absolute Gasteiger partial charge is 0.507 e. The molecular formula is C18H19NO3. The molecule has 2 saturated heterocycles. The van der Waals surface area contributed by atoms with Gasteiger partial charge in [-0.3, -0.25) is 0 Å². The first kappa shape index (κ1) is 13.6. The van der Waals surface area contributed by atoms with E-state index in [0.29, 0.717) is 0 Å². The van der Waals surface area contributed by atoms with Gasteiger partial charge in [0, 0.05) is 24.1 Å². The molecule has 2 unspecified atom stereocenters. The van der Waals surface area contributed by atoms with E-state index < -0.39 is 0 Å². The monoisotopic (exact) mass is 297 g/mol. The molecule has 3 N–H and O–H groups in total. The summed E-state index contributed by atoms with van der Waals surface area (Å²) in [5.41, 5.74) is 11.0. The number of benzene rings is 2. The average Bonchev–Trinajstić information content (AvgIpc) is 3.41. The lowest BCUT2D eigenvalue weighted by molar-refractivity contribution is 0.405. The minimum atomic E-state index is 0.219. The summed E-state index contributed by atoms with van der Waals surface area (Å²) in [6, 6.07) is 11.7.